The van der Waals surface area contributed by atoms with Crippen LogP contribution in [0.2, 0.25) is 0 Å². The van der Waals surface area contributed by atoms with E-state index in [9.17, 15) is 4.79 Å². The maximum absolute atomic E-state index is 11.6. The largest absolute Gasteiger partial charge is 0.345 e. The van der Waals surface area contributed by atoms with Crippen LogP contribution in [0.25, 0.3) is 0 Å². The Morgan fingerprint density at radius 2 is 2.23 bits per heavy atom. The van der Waals surface area contributed by atoms with Gasteiger partial charge >= 0.3 is 0 Å². The predicted molar refractivity (Wildman–Crippen MR) is 84.8 cm³/mol. The summed E-state index contributed by atoms with van der Waals surface area (Å²) in [4.78, 5) is 19.0. The summed E-state index contributed by atoms with van der Waals surface area (Å²) in [5.74, 6) is 2.10. The molecule has 3 rings (SSSR count). The predicted octanol–water partition coefficient (Wildman–Crippen LogP) is 2.92. The Kier molecular flexibility index (Phi) is 4.20. The molecule has 0 spiro atoms. The molecule has 0 saturated carbocycles. The van der Waals surface area contributed by atoms with Crippen LogP contribution in [0.1, 0.15) is 35.2 Å². The van der Waals surface area contributed by atoms with Gasteiger partial charge in [-0.2, -0.15) is 4.98 Å². The van der Waals surface area contributed by atoms with E-state index in [0.29, 0.717) is 30.4 Å². The smallest absolute Gasteiger partial charge is 0.232 e. The maximum Gasteiger partial charge on any atom is 0.232 e. The SMILES string of the molecule is Cc1ccc(C)c(SCc2noc([C@H]3CC(=O)N(C)C3)n2)c1. The molecule has 116 valence electrons. The van der Waals surface area contributed by atoms with Crippen LogP contribution < -0.4 is 0 Å². The lowest BCUT2D eigenvalue weighted by molar-refractivity contribution is -0.126. The minimum Gasteiger partial charge on any atom is -0.345 e. The highest BCUT2D eigenvalue weighted by Crippen LogP contribution is 2.29. The second-order valence-electron chi connectivity index (χ2n) is 5.78. The second kappa shape index (κ2) is 6.12. The maximum atomic E-state index is 11.6. The van der Waals surface area contributed by atoms with E-state index >= 15 is 0 Å². The van der Waals surface area contributed by atoms with Gasteiger partial charge in [-0.1, -0.05) is 22.9 Å². The number of nitrogens with zero attached hydrogens (tertiary/aromatic N) is 3. The third kappa shape index (κ3) is 3.16. The number of benzene rings is 1. The highest BCUT2D eigenvalue weighted by Gasteiger charge is 2.32. The van der Waals surface area contributed by atoms with Crippen molar-refractivity contribution in [1.29, 1.82) is 0 Å². The third-order valence-corrected chi connectivity index (χ3v) is 5.03. The van der Waals surface area contributed by atoms with E-state index in [1.807, 2.05) is 0 Å². The molecule has 1 aliphatic rings. The lowest BCUT2D eigenvalue weighted by atomic mass is 10.1. The number of rotatable bonds is 4. The van der Waals surface area contributed by atoms with Gasteiger partial charge in [0.2, 0.25) is 11.8 Å². The number of carbonyl (C=O) groups is 1. The van der Waals surface area contributed by atoms with E-state index in [-0.39, 0.29) is 11.8 Å². The summed E-state index contributed by atoms with van der Waals surface area (Å²) in [5, 5.41) is 4.04. The van der Waals surface area contributed by atoms with E-state index < -0.39 is 0 Å². The van der Waals surface area contributed by atoms with Gasteiger partial charge in [0.15, 0.2) is 5.82 Å². The van der Waals surface area contributed by atoms with Crippen LogP contribution in [0.4, 0.5) is 0 Å². The summed E-state index contributed by atoms with van der Waals surface area (Å²) in [6.45, 7) is 4.84. The van der Waals surface area contributed by atoms with Crippen molar-refractivity contribution >= 4 is 17.7 Å². The third-order valence-electron chi connectivity index (χ3n) is 3.87. The summed E-state index contributed by atoms with van der Waals surface area (Å²) < 4.78 is 5.33. The number of likely N-dealkylation sites (tertiary alicyclic amines) is 1. The molecule has 1 aliphatic heterocycles. The first-order valence-corrected chi connectivity index (χ1v) is 8.28. The Morgan fingerprint density at radius 3 is 2.95 bits per heavy atom. The molecule has 22 heavy (non-hydrogen) atoms. The molecule has 0 bridgehead atoms. The summed E-state index contributed by atoms with van der Waals surface area (Å²) in [7, 11) is 1.80. The highest BCUT2D eigenvalue weighted by molar-refractivity contribution is 7.98. The molecule has 1 aromatic carbocycles. The molecular formula is C16H19N3O2S. The highest BCUT2D eigenvalue weighted by atomic mass is 32.2. The van der Waals surface area contributed by atoms with E-state index in [2.05, 4.69) is 42.2 Å². The topological polar surface area (TPSA) is 59.2 Å². The van der Waals surface area contributed by atoms with Crippen molar-refractivity contribution in [3.63, 3.8) is 0 Å². The van der Waals surface area contributed by atoms with Crippen LogP contribution in [0.3, 0.4) is 0 Å². The zero-order valence-corrected chi connectivity index (χ0v) is 13.8. The van der Waals surface area contributed by atoms with Gasteiger partial charge in [0.05, 0.1) is 11.7 Å². The molecule has 2 heterocycles. The molecule has 1 fully saturated rings. The zero-order chi connectivity index (χ0) is 15.7. The molecule has 0 radical (unpaired) electrons. The fourth-order valence-corrected chi connectivity index (χ4v) is 3.49. The van der Waals surface area contributed by atoms with Gasteiger partial charge in [0.25, 0.3) is 0 Å². The summed E-state index contributed by atoms with van der Waals surface area (Å²) in [6, 6.07) is 6.41. The van der Waals surface area contributed by atoms with E-state index in [1.165, 1.54) is 16.0 Å². The summed E-state index contributed by atoms with van der Waals surface area (Å²) in [6.07, 6.45) is 0.461. The van der Waals surface area contributed by atoms with Gasteiger partial charge < -0.3 is 9.42 Å². The Labute approximate surface area is 134 Å². The Morgan fingerprint density at radius 1 is 1.41 bits per heavy atom. The number of amides is 1. The van der Waals surface area contributed by atoms with Gasteiger partial charge in [0, 0.05) is 24.9 Å². The van der Waals surface area contributed by atoms with Crippen LogP contribution in [0.5, 0.6) is 0 Å². The lowest BCUT2D eigenvalue weighted by Crippen LogP contribution is -2.18. The number of hydrogen-bond acceptors (Lipinski definition) is 5. The molecule has 1 atom stereocenters. The molecule has 0 unspecified atom stereocenters. The average molecular weight is 317 g/mol. The number of aryl methyl sites for hydroxylation is 2. The fourth-order valence-electron chi connectivity index (χ4n) is 2.53. The van der Waals surface area contributed by atoms with Crippen molar-refractivity contribution in [2.75, 3.05) is 13.6 Å². The molecule has 0 aliphatic carbocycles. The van der Waals surface area contributed by atoms with Crippen molar-refractivity contribution in [2.45, 2.75) is 36.8 Å². The van der Waals surface area contributed by atoms with Gasteiger partial charge in [0.1, 0.15) is 0 Å². The number of thioether (sulfide) groups is 1. The van der Waals surface area contributed by atoms with Crippen molar-refractivity contribution < 1.29 is 9.32 Å². The van der Waals surface area contributed by atoms with Crippen LogP contribution in [-0.4, -0.2) is 34.5 Å². The van der Waals surface area contributed by atoms with Crippen LogP contribution in [0, 0.1) is 13.8 Å². The van der Waals surface area contributed by atoms with Crippen molar-refractivity contribution in [1.82, 2.24) is 15.0 Å². The van der Waals surface area contributed by atoms with Gasteiger partial charge in [-0.15, -0.1) is 11.8 Å². The Hall–Kier alpha value is -1.82. The first-order chi connectivity index (χ1) is 10.5. The number of hydrogen-bond donors (Lipinski definition) is 0. The fraction of sp³-hybridized carbons (Fsp3) is 0.438. The Balaban J connectivity index is 1.65. The zero-order valence-electron chi connectivity index (χ0n) is 13.0. The first kappa shape index (κ1) is 15.1. The van der Waals surface area contributed by atoms with E-state index in [1.54, 1.807) is 23.7 Å². The molecule has 5 nitrogen and oxygen atoms in total. The van der Waals surface area contributed by atoms with Gasteiger partial charge in [-0.3, -0.25) is 4.79 Å². The molecule has 6 heteroatoms. The number of likely N-dealkylation sites (N-methyl/N-ethyl adjacent to an activating group) is 1. The average Bonchev–Trinajstić information content (AvgIpc) is 3.08. The van der Waals surface area contributed by atoms with Crippen molar-refractivity contribution in [3.8, 4) is 0 Å². The minimum atomic E-state index is 0.0319. The normalized spacial score (nSPS) is 18.2. The van der Waals surface area contributed by atoms with Gasteiger partial charge in [-0.25, -0.2) is 0 Å². The molecule has 1 aromatic heterocycles. The van der Waals surface area contributed by atoms with Gasteiger partial charge in [-0.05, 0) is 25.5 Å². The standard InChI is InChI=1S/C16H19N3O2S/c1-10-4-5-11(2)13(6-10)22-9-14-17-16(21-18-14)12-7-15(20)19(3)8-12/h4-6,12H,7-9H2,1-3H3/t12-/m0/s1. The molecular weight excluding hydrogens is 298 g/mol. The summed E-state index contributed by atoms with van der Waals surface area (Å²) >= 11 is 1.71. The quantitative estimate of drug-likeness (QED) is 0.812. The number of aromatic nitrogens is 2. The number of carbonyl (C=O) groups excluding carboxylic acids is 1. The van der Waals surface area contributed by atoms with Crippen molar-refractivity contribution in [3.05, 3.63) is 41.0 Å². The van der Waals surface area contributed by atoms with Crippen LogP contribution in [0.15, 0.2) is 27.6 Å². The molecule has 1 amide bonds. The van der Waals surface area contributed by atoms with Crippen LogP contribution >= 0.6 is 11.8 Å². The van der Waals surface area contributed by atoms with E-state index in [0.717, 1.165) is 0 Å². The monoisotopic (exact) mass is 317 g/mol. The molecule has 2 aromatic rings. The van der Waals surface area contributed by atoms with Crippen molar-refractivity contribution in [2.24, 2.45) is 0 Å². The minimum absolute atomic E-state index is 0.0319. The second-order valence-corrected chi connectivity index (χ2v) is 6.80. The first-order valence-electron chi connectivity index (χ1n) is 7.29. The molecule has 0 N–H and O–H groups in total. The Bertz CT molecular complexity index is 698. The lowest BCUT2D eigenvalue weighted by Gasteiger charge is -2.06. The summed E-state index contributed by atoms with van der Waals surface area (Å²) in [5.41, 5.74) is 2.50. The van der Waals surface area contributed by atoms with E-state index in [4.69, 9.17) is 4.52 Å². The van der Waals surface area contributed by atoms with Crippen LogP contribution in [-0.2, 0) is 10.5 Å². The molecule has 1 saturated heterocycles.